The first-order valence-corrected chi connectivity index (χ1v) is 11.8. The Morgan fingerprint density at radius 1 is 0.808 bits per heavy atom. The van der Waals surface area contributed by atoms with Gasteiger partial charge >= 0.3 is 0 Å². The molecule has 1 aromatic rings. The van der Waals surface area contributed by atoms with E-state index in [4.69, 9.17) is 0 Å². The average molecular weight is 355 g/mol. The summed E-state index contributed by atoms with van der Waals surface area (Å²) in [5.74, 6) is 4.90. The topological polar surface area (TPSA) is 0 Å². The molecule has 0 saturated heterocycles. The molecule has 2 fully saturated rings. The lowest BCUT2D eigenvalue weighted by molar-refractivity contribution is 0.169. The van der Waals surface area contributed by atoms with Crippen LogP contribution in [0.5, 0.6) is 0 Å². The SMILES string of the molecule is CCCCCC1CCC(C(C)CC2CCC(c3ccccc3)CC2)CC1. The van der Waals surface area contributed by atoms with Gasteiger partial charge in [0.2, 0.25) is 0 Å². The van der Waals surface area contributed by atoms with E-state index in [2.05, 4.69) is 44.2 Å². The van der Waals surface area contributed by atoms with Crippen molar-refractivity contribution in [3.63, 3.8) is 0 Å². The van der Waals surface area contributed by atoms with Crippen LogP contribution in [0.2, 0.25) is 0 Å². The quantitative estimate of drug-likeness (QED) is 0.411. The number of unbranched alkanes of at least 4 members (excludes halogenated alkanes) is 2. The Labute approximate surface area is 163 Å². The van der Waals surface area contributed by atoms with Crippen molar-refractivity contribution < 1.29 is 0 Å². The number of rotatable bonds is 8. The molecule has 0 heterocycles. The molecule has 2 saturated carbocycles. The van der Waals surface area contributed by atoms with E-state index in [1.807, 2.05) is 0 Å². The first-order chi connectivity index (χ1) is 12.8. The zero-order valence-corrected chi connectivity index (χ0v) is 17.5. The van der Waals surface area contributed by atoms with Gasteiger partial charge in [0, 0.05) is 0 Å². The molecule has 1 atom stereocenters. The van der Waals surface area contributed by atoms with Crippen molar-refractivity contribution in [2.45, 2.75) is 103 Å². The summed E-state index contributed by atoms with van der Waals surface area (Å²) in [6.07, 6.45) is 19.2. The lowest BCUT2D eigenvalue weighted by atomic mass is 9.70. The predicted molar refractivity (Wildman–Crippen MR) is 115 cm³/mol. The van der Waals surface area contributed by atoms with E-state index in [1.165, 1.54) is 83.5 Å². The Morgan fingerprint density at radius 2 is 1.46 bits per heavy atom. The smallest absolute Gasteiger partial charge is 0.0162 e. The minimum absolute atomic E-state index is 0.835. The summed E-state index contributed by atoms with van der Waals surface area (Å²) in [4.78, 5) is 0. The van der Waals surface area contributed by atoms with Crippen LogP contribution in [0.1, 0.15) is 109 Å². The second-order valence-electron chi connectivity index (χ2n) is 9.62. The Morgan fingerprint density at radius 3 is 2.12 bits per heavy atom. The van der Waals surface area contributed by atoms with E-state index in [-0.39, 0.29) is 0 Å². The third-order valence-corrected chi connectivity index (χ3v) is 7.73. The molecule has 3 rings (SSSR count). The normalized spacial score (nSPS) is 30.8. The Hall–Kier alpha value is -0.780. The fourth-order valence-electron chi connectivity index (χ4n) is 5.90. The maximum atomic E-state index is 2.57. The largest absolute Gasteiger partial charge is 0.0654 e. The van der Waals surface area contributed by atoms with Gasteiger partial charge in [0.15, 0.2) is 0 Å². The number of hydrogen-bond acceptors (Lipinski definition) is 0. The van der Waals surface area contributed by atoms with Crippen molar-refractivity contribution in [1.82, 2.24) is 0 Å². The molecule has 0 heteroatoms. The zero-order chi connectivity index (χ0) is 18.2. The van der Waals surface area contributed by atoms with Crippen molar-refractivity contribution >= 4 is 0 Å². The van der Waals surface area contributed by atoms with Gasteiger partial charge < -0.3 is 0 Å². The highest BCUT2D eigenvalue weighted by atomic mass is 14.3. The molecule has 0 amide bonds. The molecule has 0 N–H and O–H groups in total. The van der Waals surface area contributed by atoms with Crippen molar-refractivity contribution in [1.29, 1.82) is 0 Å². The maximum Gasteiger partial charge on any atom is -0.0162 e. The molecular formula is C26H42. The van der Waals surface area contributed by atoms with Gasteiger partial charge in [-0.1, -0.05) is 82.7 Å². The molecule has 1 aromatic carbocycles. The van der Waals surface area contributed by atoms with Crippen molar-refractivity contribution in [2.24, 2.45) is 23.7 Å². The molecule has 0 aliphatic heterocycles. The van der Waals surface area contributed by atoms with Crippen molar-refractivity contribution in [3.05, 3.63) is 35.9 Å². The second-order valence-corrected chi connectivity index (χ2v) is 9.62. The van der Waals surface area contributed by atoms with E-state index >= 15 is 0 Å². The van der Waals surface area contributed by atoms with Crippen LogP contribution in [0.15, 0.2) is 30.3 Å². The summed E-state index contributed by atoms with van der Waals surface area (Å²) in [6.45, 7) is 4.90. The Kier molecular flexibility index (Phi) is 8.08. The maximum absolute atomic E-state index is 2.57. The van der Waals surface area contributed by atoms with Crippen LogP contribution in [0, 0.1) is 23.7 Å². The highest BCUT2D eigenvalue weighted by molar-refractivity contribution is 5.19. The molecule has 0 nitrogen and oxygen atoms in total. The van der Waals surface area contributed by atoms with Gasteiger partial charge in [-0.05, 0) is 80.1 Å². The van der Waals surface area contributed by atoms with E-state index in [1.54, 1.807) is 5.56 Å². The highest BCUT2D eigenvalue weighted by Crippen LogP contribution is 2.42. The van der Waals surface area contributed by atoms with Crippen LogP contribution in [-0.4, -0.2) is 0 Å². The molecule has 0 bridgehead atoms. The number of benzene rings is 1. The molecule has 146 valence electrons. The van der Waals surface area contributed by atoms with E-state index in [9.17, 15) is 0 Å². The third-order valence-electron chi connectivity index (χ3n) is 7.73. The lowest BCUT2D eigenvalue weighted by Gasteiger charge is -2.36. The minimum Gasteiger partial charge on any atom is -0.0654 e. The van der Waals surface area contributed by atoms with Crippen molar-refractivity contribution in [2.75, 3.05) is 0 Å². The zero-order valence-electron chi connectivity index (χ0n) is 17.5. The molecule has 0 aromatic heterocycles. The third kappa shape index (κ3) is 5.86. The molecule has 0 spiro atoms. The summed E-state index contributed by atoms with van der Waals surface area (Å²) in [5.41, 5.74) is 1.58. The van der Waals surface area contributed by atoms with Crippen LogP contribution in [0.4, 0.5) is 0 Å². The first-order valence-electron chi connectivity index (χ1n) is 11.8. The van der Waals surface area contributed by atoms with Crippen LogP contribution in [-0.2, 0) is 0 Å². The predicted octanol–water partition coefficient (Wildman–Crippen LogP) is 8.37. The summed E-state index contributed by atoms with van der Waals surface area (Å²) in [7, 11) is 0. The fraction of sp³-hybridized carbons (Fsp3) is 0.769. The van der Waals surface area contributed by atoms with Gasteiger partial charge in [0.25, 0.3) is 0 Å². The van der Waals surface area contributed by atoms with E-state index in [0.717, 1.165) is 29.6 Å². The average Bonchev–Trinajstić information content (AvgIpc) is 2.70. The summed E-state index contributed by atoms with van der Waals surface area (Å²) in [6, 6.07) is 11.2. The fourth-order valence-corrected chi connectivity index (χ4v) is 5.90. The van der Waals surface area contributed by atoms with E-state index in [0.29, 0.717) is 0 Å². The summed E-state index contributed by atoms with van der Waals surface area (Å²) < 4.78 is 0. The molecule has 2 aliphatic rings. The van der Waals surface area contributed by atoms with Crippen LogP contribution in [0.3, 0.4) is 0 Å². The Bertz CT molecular complexity index is 474. The van der Waals surface area contributed by atoms with Gasteiger partial charge in [-0.25, -0.2) is 0 Å². The summed E-state index contributed by atoms with van der Waals surface area (Å²) >= 11 is 0. The minimum atomic E-state index is 0.835. The summed E-state index contributed by atoms with van der Waals surface area (Å²) in [5, 5.41) is 0. The molecule has 0 radical (unpaired) electrons. The lowest BCUT2D eigenvalue weighted by Crippen LogP contribution is -2.23. The van der Waals surface area contributed by atoms with E-state index < -0.39 is 0 Å². The standard InChI is InChI=1S/C26H42/c1-3-4-6-9-22-12-16-24(17-13-22)21(2)20-23-14-18-26(19-15-23)25-10-7-5-8-11-25/h5,7-8,10-11,21-24,26H,3-4,6,9,12-20H2,1-2H3. The molecule has 26 heavy (non-hydrogen) atoms. The highest BCUT2D eigenvalue weighted by Gasteiger charge is 2.28. The first kappa shape index (κ1) is 20.0. The van der Waals surface area contributed by atoms with Crippen LogP contribution < -0.4 is 0 Å². The van der Waals surface area contributed by atoms with Crippen LogP contribution in [0.25, 0.3) is 0 Å². The van der Waals surface area contributed by atoms with Gasteiger partial charge in [0.05, 0.1) is 0 Å². The number of hydrogen-bond donors (Lipinski definition) is 0. The van der Waals surface area contributed by atoms with Crippen molar-refractivity contribution in [3.8, 4) is 0 Å². The Balaban J connectivity index is 1.35. The van der Waals surface area contributed by atoms with Gasteiger partial charge in [0.1, 0.15) is 0 Å². The van der Waals surface area contributed by atoms with Gasteiger partial charge in [-0.2, -0.15) is 0 Å². The molecular weight excluding hydrogens is 312 g/mol. The monoisotopic (exact) mass is 354 g/mol. The van der Waals surface area contributed by atoms with Crippen LogP contribution >= 0.6 is 0 Å². The molecule has 1 unspecified atom stereocenters. The molecule has 2 aliphatic carbocycles. The second kappa shape index (κ2) is 10.5. The van der Waals surface area contributed by atoms with Gasteiger partial charge in [-0.3, -0.25) is 0 Å². The van der Waals surface area contributed by atoms with Gasteiger partial charge in [-0.15, -0.1) is 0 Å².